The number of aromatic nitrogens is 2. The lowest BCUT2D eigenvalue weighted by Gasteiger charge is -2.26. The van der Waals surface area contributed by atoms with E-state index < -0.39 is 0 Å². The Morgan fingerprint density at radius 1 is 1.37 bits per heavy atom. The minimum atomic E-state index is -0.228. The van der Waals surface area contributed by atoms with Gasteiger partial charge in [0.05, 0.1) is 17.1 Å². The molecule has 1 heterocycles. The first kappa shape index (κ1) is 14.0. The van der Waals surface area contributed by atoms with Crippen molar-refractivity contribution in [2.75, 3.05) is 13.1 Å². The van der Waals surface area contributed by atoms with Crippen molar-refractivity contribution in [1.82, 2.24) is 14.9 Å². The standard InChI is InChI=1S/C15H22FN3/c1-4-6-9-19(5-2)11(3)15-17-13-8-7-12(16)10-14(13)18-15/h7-8,10-11H,4-6,9H2,1-3H3,(H,17,18). The van der Waals surface area contributed by atoms with Crippen LogP contribution in [0.25, 0.3) is 11.0 Å². The Morgan fingerprint density at radius 2 is 2.16 bits per heavy atom. The Balaban J connectivity index is 2.22. The molecule has 1 atom stereocenters. The zero-order valence-corrected chi connectivity index (χ0v) is 11.9. The second-order valence-electron chi connectivity index (χ2n) is 4.94. The van der Waals surface area contributed by atoms with Gasteiger partial charge in [0.1, 0.15) is 11.6 Å². The lowest BCUT2D eigenvalue weighted by Crippen LogP contribution is -2.28. The highest BCUT2D eigenvalue weighted by atomic mass is 19.1. The molecular formula is C15H22FN3. The zero-order valence-electron chi connectivity index (χ0n) is 11.9. The van der Waals surface area contributed by atoms with E-state index in [9.17, 15) is 4.39 Å². The van der Waals surface area contributed by atoms with E-state index >= 15 is 0 Å². The van der Waals surface area contributed by atoms with Crippen molar-refractivity contribution in [1.29, 1.82) is 0 Å². The number of halogens is 1. The molecule has 0 spiro atoms. The van der Waals surface area contributed by atoms with E-state index in [2.05, 4.69) is 35.6 Å². The fourth-order valence-electron chi connectivity index (χ4n) is 2.36. The molecule has 0 amide bonds. The number of nitrogens with zero attached hydrogens (tertiary/aromatic N) is 2. The zero-order chi connectivity index (χ0) is 13.8. The Labute approximate surface area is 113 Å². The first-order valence-electron chi connectivity index (χ1n) is 7.05. The van der Waals surface area contributed by atoms with Crippen LogP contribution in [0, 0.1) is 5.82 Å². The molecule has 1 N–H and O–H groups in total. The Bertz CT molecular complexity index is 535. The van der Waals surface area contributed by atoms with Crippen molar-refractivity contribution < 1.29 is 4.39 Å². The van der Waals surface area contributed by atoms with Crippen molar-refractivity contribution in [2.24, 2.45) is 0 Å². The van der Waals surface area contributed by atoms with E-state index in [4.69, 9.17) is 0 Å². The highest BCUT2D eigenvalue weighted by Gasteiger charge is 2.17. The maximum Gasteiger partial charge on any atom is 0.125 e. The van der Waals surface area contributed by atoms with Crippen LogP contribution < -0.4 is 0 Å². The number of H-pyrrole nitrogens is 1. The Morgan fingerprint density at radius 3 is 2.84 bits per heavy atom. The summed E-state index contributed by atoms with van der Waals surface area (Å²) in [5, 5.41) is 0. The number of imidazole rings is 1. The van der Waals surface area contributed by atoms with Crippen molar-refractivity contribution in [3.05, 3.63) is 29.8 Å². The number of rotatable bonds is 6. The molecule has 0 aliphatic rings. The van der Waals surface area contributed by atoms with Gasteiger partial charge in [-0.2, -0.15) is 0 Å². The number of fused-ring (bicyclic) bond motifs is 1. The maximum atomic E-state index is 13.2. The van der Waals surface area contributed by atoms with E-state index in [1.807, 2.05) is 0 Å². The fraction of sp³-hybridized carbons (Fsp3) is 0.533. The molecule has 1 aromatic carbocycles. The van der Waals surface area contributed by atoms with Crippen LogP contribution in [-0.2, 0) is 0 Å². The summed E-state index contributed by atoms with van der Waals surface area (Å²) in [5.74, 6) is 0.687. The smallest absolute Gasteiger partial charge is 0.125 e. The molecule has 2 aromatic rings. The summed E-state index contributed by atoms with van der Waals surface area (Å²) in [6.07, 6.45) is 2.38. The summed E-state index contributed by atoms with van der Waals surface area (Å²) in [7, 11) is 0. The van der Waals surface area contributed by atoms with E-state index in [0.29, 0.717) is 0 Å². The third kappa shape index (κ3) is 3.13. The number of hydrogen-bond donors (Lipinski definition) is 1. The monoisotopic (exact) mass is 263 g/mol. The molecule has 0 fully saturated rings. The third-order valence-corrected chi connectivity index (χ3v) is 3.61. The molecule has 0 bridgehead atoms. The summed E-state index contributed by atoms with van der Waals surface area (Å²) in [4.78, 5) is 10.2. The topological polar surface area (TPSA) is 31.9 Å². The third-order valence-electron chi connectivity index (χ3n) is 3.61. The maximum absolute atomic E-state index is 13.2. The summed E-state index contributed by atoms with van der Waals surface area (Å²) in [5.41, 5.74) is 1.60. The molecule has 0 saturated heterocycles. The van der Waals surface area contributed by atoms with Gasteiger partial charge >= 0.3 is 0 Å². The van der Waals surface area contributed by atoms with Crippen LogP contribution in [0.2, 0.25) is 0 Å². The number of hydrogen-bond acceptors (Lipinski definition) is 2. The van der Waals surface area contributed by atoms with Gasteiger partial charge in [0, 0.05) is 0 Å². The van der Waals surface area contributed by atoms with Crippen LogP contribution in [0.1, 0.15) is 45.5 Å². The predicted molar refractivity (Wildman–Crippen MR) is 76.6 cm³/mol. The van der Waals surface area contributed by atoms with Gasteiger partial charge in [0.25, 0.3) is 0 Å². The summed E-state index contributed by atoms with van der Waals surface area (Å²) >= 11 is 0. The number of nitrogens with one attached hydrogen (secondary N) is 1. The number of unbranched alkanes of at least 4 members (excludes halogenated alkanes) is 1. The SMILES string of the molecule is CCCCN(CC)C(C)c1nc2ccc(F)cc2[nH]1. The lowest BCUT2D eigenvalue weighted by molar-refractivity contribution is 0.212. The molecular weight excluding hydrogens is 241 g/mol. The fourth-order valence-corrected chi connectivity index (χ4v) is 2.36. The minimum Gasteiger partial charge on any atom is -0.341 e. The summed E-state index contributed by atoms with van der Waals surface area (Å²) < 4.78 is 13.2. The Kier molecular flexibility index (Phi) is 4.53. The van der Waals surface area contributed by atoms with E-state index in [-0.39, 0.29) is 11.9 Å². The van der Waals surface area contributed by atoms with E-state index in [0.717, 1.165) is 29.9 Å². The van der Waals surface area contributed by atoms with Gasteiger partial charge < -0.3 is 4.98 Å². The molecule has 1 aromatic heterocycles. The first-order valence-corrected chi connectivity index (χ1v) is 7.05. The Hall–Kier alpha value is -1.42. The lowest BCUT2D eigenvalue weighted by atomic mass is 10.2. The van der Waals surface area contributed by atoms with Gasteiger partial charge in [-0.25, -0.2) is 9.37 Å². The molecule has 2 rings (SSSR count). The number of aromatic amines is 1. The van der Waals surface area contributed by atoms with Gasteiger partial charge in [0.2, 0.25) is 0 Å². The minimum absolute atomic E-state index is 0.228. The van der Waals surface area contributed by atoms with E-state index in [1.54, 1.807) is 6.07 Å². The van der Waals surface area contributed by atoms with Crippen LogP contribution in [0.5, 0.6) is 0 Å². The predicted octanol–water partition coefficient (Wildman–Crippen LogP) is 3.89. The van der Waals surface area contributed by atoms with Gasteiger partial charge in [-0.3, -0.25) is 4.90 Å². The summed E-state index contributed by atoms with van der Waals surface area (Å²) in [6.45, 7) is 8.57. The summed E-state index contributed by atoms with van der Waals surface area (Å²) in [6, 6.07) is 4.90. The van der Waals surface area contributed by atoms with Crippen LogP contribution in [0.15, 0.2) is 18.2 Å². The molecule has 4 heteroatoms. The van der Waals surface area contributed by atoms with Gasteiger partial charge in [-0.1, -0.05) is 20.3 Å². The van der Waals surface area contributed by atoms with Crippen molar-refractivity contribution in [3.8, 4) is 0 Å². The van der Waals surface area contributed by atoms with Crippen LogP contribution >= 0.6 is 0 Å². The molecule has 3 nitrogen and oxygen atoms in total. The first-order chi connectivity index (χ1) is 9.15. The molecule has 1 unspecified atom stereocenters. The highest BCUT2D eigenvalue weighted by molar-refractivity contribution is 5.75. The molecule has 0 saturated carbocycles. The second-order valence-corrected chi connectivity index (χ2v) is 4.94. The van der Waals surface area contributed by atoms with Crippen molar-refractivity contribution >= 4 is 11.0 Å². The number of benzene rings is 1. The molecule has 0 radical (unpaired) electrons. The van der Waals surface area contributed by atoms with Gasteiger partial charge in [-0.05, 0) is 44.6 Å². The van der Waals surface area contributed by atoms with Gasteiger partial charge in [0.15, 0.2) is 0 Å². The highest BCUT2D eigenvalue weighted by Crippen LogP contribution is 2.21. The molecule has 0 aliphatic carbocycles. The average molecular weight is 263 g/mol. The van der Waals surface area contributed by atoms with Crippen LogP contribution in [-0.4, -0.2) is 28.0 Å². The molecule has 104 valence electrons. The molecule has 0 aliphatic heterocycles. The van der Waals surface area contributed by atoms with Crippen LogP contribution in [0.3, 0.4) is 0 Å². The van der Waals surface area contributed by atoms with Crippen LogP contribution in [0.4, 0.5) is 4.39 Å². The second kappa shape index (κ2) is 6.15. The van der Waals surface area contributed by atoms with Gasteiger partial charge in [-0.15, -0.1) is 0 Å². The normalized spacial score (nSPS) is 13.3. The quantitative estimate of drug-likeness (QED) is 0.857. The molecule has 19 heavy (non-hydrogen) atoms. The van der Waals surface area contributed by atoms with Crippen molar-refractivity contribution in [2.45, 2.75) is 39.7 Å². The van der Waals surface area contributed by atoms with E-state index in [1.165, 1.54) is 25.0 Å². The average Bonchev–Trinajstić information content (AvgIpc) is 2.82. The van der Waals surface area contributed by atoms with Crippen molar-refractivity contribution in [3.63, 3.8) is 0 Å². The largest absolute Gasteiger partial charge is 0.341 e.